The lowest BCUT2D eigenvalue weighted by Gasteiger charge is -2.29. The van der Waals surface area contributed by atoms with E-state index in [4.69, 9.17) is 11.6 Å². The molecular weight excluding hydrogens is 280 g/mol. The molecule has 0 radical (unpaired) electrons. The minimum Gasteiger partial charge on any atom is -0.394 e. The summed E-state index contributed by atoms with van der Waals surface area (Å²) in [5.41, 5.74) is -1.82. The Balaban J connectivity index is 3.04. The molecule has 0 aromatic heterocycles. The Kier molecular flexibility index (Phi) is 5.22. The number of benzene rings is 1. The third-order valence-electron chi connectivity index (χ3n) is 2.92. The molecule has 1 aromatic rings. The van der Waals surface area contributed by atoms with Crippen LogP contribution in [0.4, 0.5) is 8.78 Å². The van der Waals surface area contributed by atoms with Crippen molar-refractivity contribution in [2.24, 2.45) is 0 Å². The van der Waals surface area contributed by atoms with Crippen molar-refractivity contribution in [2.45, 2.75) is 18.9 Å². The molecule has 0 unspecified atom stereocenters. The van der Waals surface area contributed by atoms with Crippen LogP contribution in [0.3, 0.4) is 0 Å². The third-order valence-corrected chi connectivity index (χ3v) is 3.21. The maximum atomic E-state index is 13.5. The number of aliphatic hydroxyl groups excluding tert-OH is 2. The first-order chi connectivity index (χ1) is 8.89. The molecule has 0 saturated heterocycles. The normalized spacial score (nSPS) is 11.5. The number of carbonyl (C=O) groups excluding carboxylic acids is 1. The smallest absolute Gasteiger partial charge is 0.254 e. The summed E-state index contributed by atoms with van der Waals surface area (Å²) in [6.07, 6.45) is 0.226. The fourth-order valence-electron chi connectivity index (χ4n) is 1.45. The molecule has 3 N–H and O–H groups in total. The number of hydrogen-bond donors (Lipinski definition) is 3. The van der Waals surface area contributed by atoms with E-state index in [-0.39, 0.29) is 6.42 Å². The van der Waals surface area contributed by atoms with Gasteiger partial charge >= 0.3 is 0 Å². The molecule has 1 rings (SSSR count). The highest BCUT2D eigenvalue weighted by Crippen LogP contribution is 2.20. The summed E-state index contributed by atoms with van der Waals surface area (Å²) in [4.78, 5) is 11.8. The molecule has 0 heterocycles. The molecule has 0 aliphatic rings. The summed E-state index contributed by atoms with van der Waals surface area (Å²) in [5.74, 6) is -2.84. The largest absolute Gasteiger partial charge is 0.394 e. The zero-order chi connectivity index (χ0) is 14.6. The van der Waals surface area contributed by atoms with E-state index in [9.17, 15) is 23.8 Å². The first-order valence-corrected chi connectivity index (χ1v) is 5.95. The number of amides is 1. The minimum atomic E-state index is -1.28. The fraction of sp³-hybridized carbons (Fsp3) is 0.417. The Labute approximate surface area is 114 Å². The number of nitrogens with one attached hydrogen (secondary N) is 1. The molecule has 0 aliphatic heterocycles. The second kappa shape index (κ2) is 6.27. The number of hydrogen-bond acceptors (Lipinski definition) is 3. The lowest BCUT2D eigenvalue weighted by molar-refractivity contribution is 0.0649. The summed E-state index contributed by atoms with van der Waals surface area (Å²) in [7, 11) is 0. The summed E-state index contributed by atoms with van der Waals surface area (Å²) >= 11 is 5.38. The van der Waals surface area contributed by atoms with Gasteiger partial charge in [-0.25, -0.2) is 8.78 Å². The van der Waals surface area contributed by atoms with Gasteiger partial charge in [-0.15, -0.1) is 0 Å². The van der Waals surface area contributed by atoms with Crippen molar-refractivity contribution in [3.05, 3.63) is 34.4 Å². The quantitative estimate of drug-likeness (QED) is 0.720. The van der Waals surface area contributed by atoms with Crippen molar-refractivity contribution in [3.8, 4) is 0 Å². The van der Waals surface area contributed by atoms with E-state index in [1.165, 1.54) is 0 Å². The zero-order valence-electron chi connectivity index (χ0n) is 10.2. The number of aliphatic hydroxyl groups is 2. The monoisotopic (exact) mass is 293 g/mol. The van der Waals surface area contributed by atoms with Gasteiger partial charge in [-0.2, -0.15) is 0 Å². The Hall–Kier alpha value is -1.24. The van der Waals surface area contributed by atoms with Crippen LogP contribution >= 0.6 is 11.6 Å². The van der Waals surface area contributed by atoms with Gasteiger partial charge in [0.2, 0.25) is 0 Å². The van der Waals surface area contributed by atoms with E-state index in [0.29, 0.717) is 12.1 Å². The van der Waals surface area contributed by atoms with Gasteiger partial charge in [-0.1, -0.05) is 18.5 Å². The molecule has 7 heteroatoms. The van der Waals surface area contributed by atoms with Gasteiger partial charge in [0.05, 0.1) is 29.3 Å². The average molecular weight is 294 g/mol. The molecule has 0 bridgehead atoms. The highest BCUT2D eigenvalue weighted by atomic mass is 35.5. The molecule has 1 aromatic carbocycles. The lowest BCUT2D eigenvalue weighted by atomic mass is 9.97. The Morgan fingerprint density at radius 3 is 2.37 bits per heavy atom. The molecule has 4 nitrogen and oxygen atoms in total. The van der Waals surface area contributed by atoms with Crippen LogP contribution in [0.5, 0.6) is 0 Å². The average Bonchev–Trinajstić information content (AvgIpc) is 2.40. The molecule has 0 aliphatic carbocycles. The standard InChI is InChI=1S/C12H14ClF2NO3/c1-2-12(5-17,6-18)16-11(19)7-3-10(15)8(13)4-9(7)14/h3-4,17-18H,2,5-6H2,1H3,(H,16,19). The molecule has 19 heavy (non-hydrogen) atoms. The maximum absolute atomic E-state index is 13.5. The molecule has 1 amide bonds. The van der Waals surface area contributed by atoms with E-state index in [2.05, 4.69) is 5.32 Å². The van der Waals surface area contributed by atoms with Crippen LogP contribution in [0.15, 0.2) is 12.1 Å². The molecule has 106 valence electrons. The minimum absolute atomic E-state index is 0.226. The Bertz CT molecular complexity index is 470. The first kappa shape index (κ1) is 15.8. The lowest BCUT2D eigenvalue weighted by Crippen LogP contribution is -2.54. The van der Waals surface area contributed by atoms with Crippen molar-refractivity contribution in [1.29, 1.82) is 0 Å². The number of rotatable bonds is 5. The maximum Gasteiger partial charge on any atom is 0.254 e. The first-order valence-electron chi connectivity index (χ1n) is 5.58. The van der Waals surface area contributed by atoms with Crippen LogP contribution < -0.4 is 5.32 Å². The summed E-state index contributed by atoms with van der Waals surface area (Å²) in [6.45, 7) is 0.582. The summed E-state index contributed by atoms with van der Waals surface area (Å²) < 4.78 is 26.8. The molecular formula is C12H14ClF2NO3. The highest BCUT2D eigenvalue weighted by molar-refractivity contribution is 6.30. The summed E-state index contributed by atoms with van der Waals surface area (Å²) in [5, 5.41) is 20.2. The van der Waals surface area contributed by atoms with Crippen molar-refractivity contribution < 1.29 is 23.8 Å². The third kappa shape index (κ3) is 3.40. The van der Waals surface area contributed by atoms with Gasteiger partial charge in [0.1, 0.15) is 11.6 Å². The SMILES string of the molecule is CCC(CO)(CO)NC(=O)c1cc(F)c(Cl)cc1F. The van der Waals surface area contributed by atoms with Crippen molar-refractivity contribution in [3.63, 3.8) is 0 Å². The Morgan fingerprint density at radius 1 is 1.32 bits per heavy atom. The van der Waals surface area contributed by atoms with Gasteiger partial charge in [0, 0.05) is 0 Å². The van der Waals surface area contributed by atoms with Crippen LogP contribution in [0.2, 0.25) is 5.02 Å². The van der Waals surface area contributed by atoms with Crippen LogP contribution in [-0.2, 0) is 0 Å². The molecule has 0 atom stereocenters. The van der Waals surface area contributed by atoms with Gasteiger partial charge in [0.25, 0.3) is 5.91 Å². The van der Waals surface area contributed by atoms with Crippen LogP contribution in [-0.4, -0.2) is 34.9 Å². The van der Waals surface area contributed by atoms with E-state index in [1.807, 2.05) is 0 Å². The molecule has 0 fully saturated rings. The van der Waals surface area contributed by atoms with E-state index < -0.39 is 46.9 Å². The number of halogens is 3. The van der Waals surface area contributed by atoms with Crippen molar-refractivity contribution in [1.82, 2.24) is 5.32 Å². The second-order valence-electron chi connectivity index (χ2n) is 4.15. The summed E-state index contributed by atoms with van der Waals surface area (Å²) in [6, 6.07) is 1.36. The fourth-order valence-corrected chi connectivity index (χ4v) is 1.60. The van der Waals surface area contributed by atoms with E-state index >= 15 is 0 Å². The zero-order valence-corrected chi connectivity index (χ0v) is 11.0. The second-order valence-corrected chi connectivity index (χ2v) is 4.56. The Morgan fingerprint density at radius 2 is 1.89 bits per heavy atom. The predicted molar refractivity (Wildman–Crippen MR) is 66.0 cm³/mol. The topological polar surface area (TPSA) is 69.6 Å². The van der Waals surface area contributed by atoms with Crippen molar-refractivity contribution in [2.75, 3.05) is 13.2 Å². The van der Waals surface area contributed by atoms with Gasteiger partial charge in [-0.3, -0.25) is 4.79 Å². The van der Waals surface area contributed by atoms with Crippen LogP contribution in [0.25, 0.3) is 0 Å². The van der Waals surface area contributed by atoms with Crippen molar-refractivity contribution >= 4 is 17.5 Å². The van der Waals surface area contributed by atoms with Gasteiger partial charge < -0.3 is 15.5 Å². The van der Waals surface area contributed by atoms with E-state index in [0.717, 1.165) is 0 Å². The highest BCUT2D eigenvalue weighted by Gasteiger charge is 2.30. The van der Waals surface area contributed by atoms with E-state index in [1.54, 1.807) is 6.92 Å². The van der Waals surface area contributed by atoms with Crippen LogP contribution in [0.1, 0.15) is 23.7 Å². The van der Waals surface area contributed by atoms with Gasteiger partial charge in [-0.05, 0) is 18.6 Å². The predicted octanol–water partition coefficient (Wildman–Crippen LogP) is 1.48. The molecule has 0 saturated carbocycles. The number of carbonyl (C=O) groups is 1. The molecule has 0 spiro atoms. The van der Waals surface area contributed by atoms with Gasteiger partial charge in [0.15, 0.2) is 0 Å². The van der Waals surface area contributed by atoms with Crippen LogP contribution in [0, 0.1) is 11.6 Å².